The Morgan fingerprint density at radius 2 is 1.97 bits per heavy atom. The summed E-state index contributed by atoms with van der Waals surface area (Å²) in [4.78, 5) is 25.4. The van der Waals surface area contributed by atoms with E-state index in [1.54, 1.807) is 11.9 Å². The Kier molecular flexibility index (Phi) is 5.77. The molecule has 1 amide bonds. The second-order valence-corrected chi connectivity index (χ2v) is 9.83. The van der Waals surface area contributed by atoms with Gasteiger partial charge in [-0.2, -0.15) is 10.1 Å². The van der Waals surface area contributed by atoms with Crippen molar-refractivity contribution in [3.05, 3.63) is 24.3 Å². The average molecular weight is 453 g/mol. The summed E-state index contributed by atoms with van der Waals surface area (Å²) in [5, 5.41) is 7.85. The lowest BCUT2D eigenvalue weighted by atomic mass is 9.95. The number of nitrogens with zero attached hydrogens (tertiary/aromatic N) is 5. The normalized spacial score (nSPS) is 19.0. The van der Waals surface area contributed by atoms with Gasteiger partial charge in [-0.05, 0) is 45.2 Å². The van der Waals surface area contributed by atoms with E-state index in [0.717, 1.165) is 35.2 Å². The summed E-state index contributed by atoms with van der Waals surface area (Å²) in [6, 6.07) is 7.73. The highest BCUT2D eigenvalue weighted by Crippen LogP contribution is 2.30. The van der Waals surface area contributed by atoms with Crippen LogP contribution in [0.3, 0.4) is 0 Å². The molecule has 1 saturated heterocycles. The number of fused-ring (bicyclic) bond motifs is 1. The van der Waals surface area contributed by atoms with Crippen LogP contribution in [-0.4, -0.2) is 62.9 Å². The number of nitrogens with two attached hydrogens (primary N) is 2. The van der Waals surface area contributed by atoms with Crippen molar-refractivity contribution in [2.75, 3.05) is 36.5 Å². The van der Waals surface area contributed by atoms with Crippen molar-refractivity contribution in [2.45, 2.75) is 45.8 Å². The molecule has 0 radical (unpaired) electrons. The number of carbonyl (C=O) groups is 1. The molecule has 33 heavy (non-hydrogen) atoms. The number of nitrogens with one attached hydrogen (secondary N) is 1. The Morgan fingerprint density at radius 3 is 2.70 bits per heavy atom. The minimum absolute atomic E-state index is 0.00689. The van der Waals surface area contributed by atoms with Gasteiger partial charge in [0.05, 0.1) is 17.3 Å². The summed E-state index contributed by atoms with van der Waals surface area (Å²) >= 11 is 0. The molecule has 10 heteroatoms. The van der Waals surface area contributed by atoms with Gasteiger partial charge in [-0.25, -0.2) is 9.78 Å². The largest absolute Gasteiger partial charge is 0.444 e. The van der Waals surface area contributed by atoms with E-state index in [1.165, 1.54) is 0 Å². The Balaban J connectivity index is 1.60. The fraction of sp³-hybridized carbons (Fsp3) is 0.478. The molecule has 1 aliphatic rings. The maximum Gasteiger partial charge on any atom is 0.410 e. The lowest BCUT2D eigenvalue weighted by Gasteiger charge is -2.41. The molecular formula is C23H32N8O2. The smallest absolute Gasteiger partial charge is 0.410 e. The number of rotatable bonds is 3. The number of aromatic nitrogens is 4. The molecule has 3 aromatic rings. The van der Waals surface area contributed by atoms with Crippen molar-refractivity contribution in [1.29, 1.82) is 0 Å². The number of hydrogen-bond acceptors (Lipinski definition) is 8. The highest BCUT2D eigenvalue weighted by atomic mass is 16.6. The number of piperidine rings is 1. The topological polar surface area (TPSA) is 139 Å². The molecule has 3 heterocycles. The van der Waals surface area contributed by atoms with Crippen LogP contribution in [0.5, 0.6) is 0 Å². The number of aromatic amines is 1. The molecule has 1 aromatic carbocycles. The van der Waals surface area contributed by atoms with Crippen LogP contribution in [0.15, 0.2) is 24.3 Å². The highest BCUT2D eigenvalue weighted by molar-refractivity contribution is 5.91. The van der Waals surface area contributed by atoms with Crippen molar-refractivity contribution in [1.82, 2.24) is 25.1 Å². The van der Waals surface area contributed by atoms with Crippen molar-refractivity contribution in [3.8, 4) is 11.3 Å². The highest BCUT2D eigenvalue weighted by Gasteiger charge is 2.32. The van der Waals surface area contributed by atoms with E-state index in [-0.39, 0.29) is 18.1 Å². The second kappa shape index (κ2) is 8.42. The summed E-state index contributed by atoms with van der Waals surface area (Å²) in [6.07, 6.45) is 0.564. The molecular weight excluding hydrogens is 420 g/mol. The van der Waals surface area contributed by atoms with Gasteiger partial charge in [0, 0.05) is 37.2 Å². The monoisotopic (exact) mass is 452 g/mol. The van der Waals surface area contributed by atoms with Crippen LogP contribution in [-0.2, 0) is 4.74 Å². The first-order chi connectivity index (χ1) is 15.5. The minimum atomic E-state index is -0.540. The van der Waals surface area contributed by atoms with Gasteiger partial charge in [0.15, 0.2) is 5.82 Å². The predicted octanol–water partition coefficient (Wildman–Crippen LogP) is 3.27. The van der Waals surface area contributed by atoms with E-state index in [2.05, 4.69) is 32.0 Å². The summed E-state index contributed by atoms with van der Waals surface area (Å²) in [5.41, 5.74) is 13.9. The quantitative estimate of drug-likeness (QED) is 0.550. The lowest BCUT2D eigenvalue weighted by molar-refractivity contribution is 0.0195. The van der Waals surface area contributed by atoms with Crippen LogP contribution < -0.4 is 16.4 Å². The van der Waals surface area contributed by atoms with Crippen molar-refractivity contribution >= 4 is 34.6 Å². The van der Waals surface area contributed by atoms with Crippen LogP contribution in [0, 0.1) is 5.92 Å². The SMILES string of the molecule is C[C@@H]1C[C@@H](N(C)C(=O)OC(C)(C)C)CN(c2cc(-c3ccc4c(N)n[nH]c4c3)nc(N)n2)C1. The zero-order chi connectivity index (χ0) is 23.9. The molecule has 4 rings (SSSR count). The predicted molar refractivity (Wildman–Crippen MR) is 130 cm³/mol. The summed E-state index contributed by atoms with van der Waals surface area (Å²) in [5.74, 6) is 1.75. The van der Waals surface area contributed by atoms with Crippen molar-refractivity contribution < 1.29 is 9.53 Å². The molecule has 1 aliphatic heterocycles. The van der Waals surface area contributed by atoms with Gasteiger partial charge in [-0.3, -0.25) is 5.10 Å². The van der Waals surface area contributed by atoms with Crippen molar-refractivity contribution in [3.63, 3.8) is 0 Å². The molecule has 0 spiro atoms. The fourth-order valence-electron chi connectivity index (χ4n) is 4.23. The number of benzene rings is 1. The summed E-state index contributed by atoms with van der Waals surface area (Å²) < 4.78 is 5.57. The average Bonchev–Trinajstić information content (AvgIpc) is 3.11. The molecule has 1 fully saturated rings. The van der Waals surface area contributed by atoms with Crippen LogP contribution in [0.25, 0.3) is 22.2 Å². The number of nitrogen functional groups attached to an aromatic ring is 2. The lowest BCUT2D eigenvalue weighted by Crippen LogP contribution is -2.52. The summed E-state index contributed by atoms with van der Waals surface area (Å²) in [6.45, 7) is 9.22. The minimum Gasteiger partial charge on any atom is -0.444 e. The zero-order valence-corrected chi connectivity index (χ0v) is 19.8. The van der Waals surface area contributed by atoms with Gasteiger partial charge in [0.2, 0.25) is 5.95 Å². The Morgan fingerprint density at radius 1 is 1.21 bits per heavy atom. The third-order valence-corrected chi connectivity index (χ3v) is 5.81. The molecule has 0 saturated carbocycles. The van der Waals surface area contributed by atoms with E-state index in [9.17, 15) is 4.79 Å². The first kappa shape index (κ1) is 22.6. The number of ether oxygens (including phenoxy) is 1. The number of anilines is 3. The first-order valence-electron chi connectivity index (χ1n) is 11.1. The molecule has 176 valence electrons. The van der Waals surface area contributed by atoms with E-state index in [1.807, 2.05) is 45.0 Å². The summed E-state index contributed by atoms with van der Waals surface area (Å²) in [7, 11) is 1.79. The Hall–Kier alpha value is -3.56. The molecule has 0 unspecified atom stereocenters. The van der Waals surface area contributed by atoms with Crippen LogP contribution in [0.1, 0.15) is 34.1 Å². The van der Waals surface area contributed by atoms with Gasteiger partial charge < -0.3 is 26.0 Å². The second-order valence-electron chi connectivity index (χ2n) is 9.83. The maximum absolute atomic E-state index is 12.6. The van der Waals surface area contributed by atoms with Crippen LogP contribution >= 0.6 is 0 Å². The van der Waals surface area contributed by atoms with Gasteiger partial charge >= 0.3 is 6.09 Å². The van der Waals surface area contributed by atoms with E-state index < -0.39 is 5.60 Å². The Labute approximate surface area is 193 Å². The zero-order valence-electron chi connectivity index (χ0n) is 19.8. The standard InChI is InChI=1S/C23H32N8O2/c1-13-8-15(30(5)22(32)33-23(2,3)4)12-31(11-13)19-10-17(26-21(25)27-19)14-6-7-16-18(9-14)28-29-20(16)24/h6-7,9-10,13,15H,8,11-12H2,1-5H3,(H3,24,28,29)(H2,25,26,27)/t13-,15-/m1/s1. The molecule has 5 N–H and O–H groups in total. The molecule has 10 nitrogen and oxygen atoms in total. The Bertz CT molecular complexity index is 1170. The third kappa shape index (κ3) is 4.94. The number of H-pyrrole nitrogens is 1. The molecule has 0 aliphatic carbocycles. The number of likely N-dealkylation sites (N-methyl/N-ethyl adjacent to an activating group) is 1. The molecule has 0 bridgehead atoms. The van der Waals surface area contributed by atoms with Gasteiger partial charge in [-0.1, -0.05) is 13.0 Å². The van der Waals surface area contributed by atoms with Crippen LogP contribution in [0.2, 0.25) is 0 Å². The maximum atomic E-state index is 12.6. The van der Waals surface area contributed by atoms with Gasteiger partial charge in [-0.15, -0.1) is 0 Å². The molecule has 2 aromatic heterocycles. The number of amides is 1. The fourth-order valence-corrected chi connectivity index (χ4v) is 4.23. The number of carbonyl (C=O) groups excluding carboxylic acids is 1. The third-order valence-electron chi connectivity index (χ3n) is 5.81. The number of hydrogen-bond donors (Lipinski definition) is 3. The van der Waals surface area contributed by atoms with Crippen molar-refractivity contribution in [2.24, 2.45) is 5.92 Å². The van der Waals surface area contributed by atoms with E-state index >= 15 is 0 Å². The van der Waals surface area contributed by atoms with Gasteiger partial charge in [0.25, 0.3) is 0 Å². The van der Waals surface area contributed by atoms with Crippen LogP contribution in [0.4, 0.5) is 22.4 Å². The van der Waals surface area contributed by atoms with E-state index in [0.29, 0.717) is 24.0 Å². The molecule has 2 atom stereocenters. The van der Waals surface area contributed by atoms with Gasteiger partial charge in [0.1, 0.15) is 11.4 Å². The van der Waals surface area contributed by atoms with E-state index in [4.69, 9.17) is 16.2 Å². The first-order valence-corrected chi connectivity index (χ1v) is 11.1.